The lowest BCUT2D eigenvalue weighted by Gasteiger charge is -2.27. The maximum atomic E-state index is 13.2. The van der Waals surface area contributed by atoms with E-state index in [4.69, 9.17) is 14.7 Å². The highest BCUT2D eigenvalue weighted by Gasteiger charge is 2.37. The first-order valence-electron chi connectivity index (χ1n) is 9.31. The number of halogens is 3. The Hall–Kier alpha value is -3.71. The van der Waals surface area contributed by atoms with E-state index >= 15 is 0 Å². The third-order valence-corrected chi connectivity index (χ3v) is 4.51. The van der Waals surface area contributed by atoms with Crippen LogP contribution in [0.15, 0.2) is 48.7 Å². The third-order valence-electron chi connectivity index (χ3n) is 4.51. The van der Waals surface area contributed by atoms with Crippen LogP contribution in [0.5, 0.6) is 5.88 Å². The number of nitrogens with one attached hydrogen (secondary N) is 1. The average molecular weight is 427 g/mol. The van der Waals surface area contributed by atoms with Crippen molar-refractivity contribution in [3.63, 3.8) is 0 Å². The number of nitriles is 1. The van der Waals surface area contributed by atoms with Gasteiger partial charge in [0.05, 0.1) is 18.9 Å². The molecule has 1 aliphatic rings. The molecule has 0 amide bonds. The predicted octanol–water partition coefficient (Wildman–Crippen LogP) is 3.82. The third kappa shape index (κ3) is 4.90. The molecular formula is C21H16F3N5O2. The second-order valence-corrected chi connectivity index (χ2v) is 6.76. The highest BCUT2D eigenvalue weighted by atomic mass is 19.4. The van der Waals surface area contributed by atoms with Gasteiger partial charge in [-0.05, 0) is 17.7 Å². The molecule has 7 nitrogen and oxygen atoms in total. The molecular weight excluding hydrogens is 411 g/mol. The first-order chi connectivity index (χ1) is 14.9. The summed E-state index contributed by atoms with van der Waals surface area (Å²) < 4.78 is 49.8. The van der Waals surface area contributed by atoms with E-state index in [1.54, 1.807) is 18.2 Å². The van der Waals surface area contributed by atoms with Gasteiger partial charge in [0, 0.05) is 18.3 Å². The summed E-state index contributed by atoms with van der Waals surface area (Å²) in [6, 6.07) is 14.6. The summed E-state index contributed by atoms with van der Waals surface area (Å²) in [4.78, 5) is 11.9. The smallest absolute Gasteiger partial charge is 0.423 e. The molecule has 1 N–H and O–H groups in total. The monoisotopic (exact) mass is 427 g/mol. The van der Waals surface area contributed by atoms with Crippen LogP contribution in [0.4, 0.5) is 19.1 Å². The molecule has 1 saturated heterocycles. The summed E-state index contributed by atoms with van der Waals surface area (Å²) in [6.07, 6.45) is -4.36. The number of benzene rings is 1. The molecule has 0 spiro atoms. The maximum Gasteiger partial charge on any atom is 0.423 e. The summed E-state index contributed by atoms with van der Waals surface area (Å²) in [5, 5.41) is 11.9. The van der Waals surface area contributed by atoms with Crippen LogP contribution in [0.2, 0.25) is 0 Å². The highest BCUT2D eigenvalue weighted by Crippen LogP contribution is 2.35. The molecule has 0 atom stereocenters. The Kier molecular flexibility index (Phi) is 5.68. The summed E-state index contributed by atoms with van der Waals surface area (Å²) in [5.74, 6) is -0.493. The molecule has 1 aliphatic heterocycles. The van der Waals surface area contributed by atoms with Crippen molar-refractivity contribution in [2.45, 2.75) is 18.8 Å². The van der Waals surface area contributed by atoms with Crippen molar-refractivity contribution < 1.29 is 22.6 Å². The molecule has 31 heavy (non-hydrogen) atoms. The van der Waals surface area contributed by atoms with Gasteiger partial charge in [0.2, 0.25) is 11.8 Å². The fourth-order valence-corrected chi connectivity index (χ4v) is 2.81. The number of anilines is 1. The quantitative estimate of drug-likeness (QED) is 0.639. The number of aromatic nitrogens is 3. The van der Waals surface area contributed by atoms with Gasteiger partial charge in [-0.25, -0.2) is 9.97 Å². The molecule has 1 aromatic carbocycles. The zero-order valence-electron chi connectivity index (χ0n) is 16.1. The van der Waals surface area contributed by atoms with Crippen LogP contribution >= 0.6 is 0 Å². The van der Waals surface area contributed by atoms with Gasteiger partial charge in [0.25, 0.3) is 0 Å². The minimum absolute atomic E-state index is 0.0238. The second kappa shape index (κ2) is 8.57. The van der Waals surface area contributed by atoms with E-state index < -0.39 is 23.7 Å². The van der Waals surface area contributed by atoms with E-state index in [0.29, 0.717) is 24.1 Å². The normalized spacial score (nSPS) is 13.9. The van der Waals surface area contributed by atoms with Crippen molar-refractivity contribution in [3.05, 3.63) is 65.5 Å². The molecule has 0 unspecified atom stereocenters. The highest BCUT2D eigenvalue weighted by molar-refractivity contribution is 5.60. The number of pyridine rings is 1. The zero-order chi connectivity index (χ0) is 21.8. The minimum atomic E-state index is -4.62. The van der Waals surface area contributed by atoms with E-state index in [1.807, 2.05) is 30.3 Å². The van der Waals surface area contributed by atoms with Gasteiger partial charge in [0.1, 0.15) is 23.4 Å². The van der Waals surface area contributed by atoms with Crippen molar-refractivity contribution in [2.24, 2.45) is 0 Å². The molecule has 3 aromatic rings. The average Bonchev–Trinajstić information content (AvgIpc) is 2.74. The van der Waals surface area contributed by atoms with Crippen molar-refractivity contribution in [1.29, 1.82) is 5.26 Å². The Labute approximate surface area is 175 Å². The molecule has 1 fully saturated rings. The van der Waals surface area contributed by atoms with Crippen LogP contribution in [0.3, 0.4) is 0 Å². The van der Waals surface area contributed by atoms with Gasteiger partial charge in [-0.2, -0.15) is 23.4 Å². The molecule has 158 valence electrons. The van der Waals surface area contributed by atoms with Gasteiger partial charge in [-0.1, -0.05) is 30.3 Å². The van der Waals surface area contributed by atoms with E-state index in [0.717, 1.165) is 11.1 Å². The SMILES string of the molecule is N#Cc1cccc(-c2ccc(CNc3ncc(C(F)(F)F)c(OC4COC4)n3)cc2)n1. The van der Waals surface area contributed by atoms with Gasteiger partial charge in [-0.3, -0.25) is 0 Å². The predicted molar refractivity (Wildman–Crippen MR) is 104 cm³/mol. The van der Waals surface area contributed by atoms with Crippen molar-refractivity contribution in [2.75, 3.05) is 18.5 Å². The zero-order valence-corrected chi connectivity index (χ0v) is 16.1. The molecule has 0 bridgehead atoms. The lowest BCUT2D eigenvalue weighted by molar-refractivity contribution is -0.142. The molecule has 3 heterocycles. The number of rotatable bonds is 6. The number of alkyl halides is 3. The fourth-order valence-electron chi connectivity index (χ4n) is 2.81. The second-order valence-electron chi connectivity index (χ2n) is 6.76. The number of nitrogens with zero attached hydrogens (tertiary/aromatic N) is 4. The summed E-state index contributed by atoms with van der Waals surface area (Å²) in [6.45, 7) is 0.744. The Morgan fingerprint density at radius 2 is 1.90 bits per heavy atom. The number of ether oxygens (including phenoxy) is 2. The van der Waals surface area contributed by atoms with Crippen LogP contribution < -0.4 is 10.1 Å². The first kappa shape index (κ1) is 20.6. The fraction of sp³-hybridized carbons (Fsp3) is 0.238. The topological polar surface area (TPSA) is 93.0 Å². The largest absolute Gasteiger partial charge is 0.469 e. The summed E-state index contributed by atoms with van der Waals surface area (Å²) >= 11 is 0. The van der Waals surface area contributed by atoms with Crippen LogP contribution in [0, 0.1) is 11.3 Å². The van der Waals surface area contributed by atoms with E-state index in [2.05, 4.69) is 20.3 Å². The Morgan fingerprint density at radius 3 is 2.55 bits per heavy atom. The molecule has 0 aliphatic carbocycles. The minimum Gasteiger partial charge on any atom is -0.469 e. The molecule has 0 saturated carbocycles. The van der Waals surface area contributed by atoms with Crippen LogP contribution in [0.25, 0.3) is 11.3 Å². The molecule has 0 radical (unpaired) electrons. The van der Waals surface area contributed by atoms with Gasteiger partial charge < -0.3 is 14.8 Å². The van der Waals surface area contributed by atoms with Crippen LogP contribution in [-0.2, 0) is 17.5 Å². The number of hydrogen-bond acceptors (Lipinski definition) is 7. The molecule has 10 heteroatoms. The van der Waals surface area contributed by atoms with Crippen LogP contribution in [0.1, 0.15) is 16.8 Å². The van der Waals surface area contributed by atoms with E-state index in [-0.39, 0.29) is 19.2 Å². The lowest BCUT2D eigenvalue weighted by Crippen LogP contribution is -2.39. The maximum absolute atomic E-state index is 13.2. The van der Waals surface area contributed by atoms with Gasteiger partial charge in [-0.15, -0.1) is 0 Å². The first-order valence-corrected chi connectivity index (χ1v) is 9.31. The van der Waals surface area contributed by atoms with Crippen LogP contribution in [-0.4, -0.2) is 34.3 Å². The van der Waals surface area contributed by atoms with Crippen molar-refractivity contribution >= 4 is 5.95 Å². The van der Waals surface area contributed by atoms with Gasteiger partial charge in [0.15, 0.2) is 0 Å². The summed E-state index contributed by atoms with van der Waals surface area (Å²) in [5.41, 5.74) is 1.67. The molecule has 4 rings (SSSR count). The number of hydrogen-bond donors (Lipinski definition) is 1. The Bertz CT molecular complexity index is 1110. The van der Waals surface area contributed by atoms with Gasteiger partial charge >= 0.3 is 6.18 Å². The van der Waals surface area contributed by atoms with E-state index in [1.165, 1.54) is 0 Å². The van der Waals surface area contributed by atoms with E-state index in [9.17, 15) is 13.2 Å². The Morgan fingerprint density at radius 1 is 1.13 bits per heavy atom. The Balaban J connectivity index is 1.46. The van der Waals surface area contributed by atoms with Crippen molar-refractivity contribution in [3.8, 4) is 23.2 Å². The van der Waals surface area contributed by atoms with Crippen molar-refractivity contribution in [1.82, 2.24) is 15.0 Å². The standard InChI is InChI=1S/C21H16F3N5O2/c22-21(23,24)17-10-27-20(29-19(17)31-16-11-30-12-16)26-9-13-4-6-14(7-5-13)18-3-1-2-15(8-25)28-18/h1-7,10,16H,9,11-12H2,(H,26,27,29). The lowest BCUT2D eigenvalue weighted by atomic mass is 10.1. The summed E-state index contributed by atoms with van der Waals surface area (Å²) in [7, 11) is 0. The molecule has 2 aromatic heterocycles.